The van der Waals surface area contributed by atoms with Crippen LogP contribution in [-0.2, 0) is 4.74 Å². The standard InChI is InChI=1S/C12H21NO2/c1-5-6-7-12(8-9-12)13-10(14)15-11(2,3)4/h5H,1,6-9H2,2-4H3,(H,13,14). The number of carbonyl (C=O) groups excluding carboxylic acids is 1. The summed E-state index contributed by atoms with van der Waals surface area (Å²) < 4.78 is 5.22. The van der Waals surface area contributed by atoms with Gasteiger partial charge in [0.2, 0.25) is 0 Å². The first-order valence-corrected chi connectivity index (χ1v) is 5.49. The van der Waals surface area contributed by atoms with Gasteiger partial charge in [0.1, 0.15) is 5.60 Å². The topological polar surface area (TPSA) is 38.3 Å². The number of hydrogen-bond donors (Lipinski definition) is 1. The Balaban J connectivity index is 2.34. The number of alkyl carbamates (subject to hydrolysis) is 1. The van der Waals surface area contributed by atoms with E-state index in [1.807, 2.05) is 26.8 Å². The summed E-state index contributed by atoms with van der Waals surface area (Å²) in [7, 11) is 0. The summed E-state index contributed by atoms with van der Waals surface area (Å²) in [5.74, 6) is 0. The Morgan fingerprint density at radius 2 is 2.13 bits per heavy atom. The summed E-state index contributed by atoms with van der Waals surface area (Å²) in [4.78, 5) is 11.5. The molecule has 3 nitrogen and oxygen atoms in total. The van der Waals surface area contributed by atoms with Gasteiger partial charge in [-0.25, -0.2) is 4.79 Å². The Bertz CT molecular complexity index is 249. The molecule has 0 bridgehead atoms. The molecule has 0 unspecified atom stereocenters. The van der Waals surface area contributed by atoms with Gasteiger partial charge in [-0.05, 0) is 46.5 Å². The molecule has 1 N–H and O–H groups in total. The minimum absolute atomic E-state index is 0.00345. The average Bonchev–Trinajstić information content (AvgIpc) is 2.78. The van der Waals surface area contributed by atoms with Crippen LogP contribution in [0, 0.1) is 0 Å². The van der Waals surface area contributed by atoms with Gasteiger partial charge >= 0.3 is 6.09 Å². The second-order valence-corrected chi connectivity index (χ2v) is 5.23. The van der Waals surface area contributed by atoms with Crippen LogP contribution in [0.5, 0.6) is 0 Å². The summed E-state index contributed by atoms with van der Waals surface area (Å²) in [5, 5.41) is 2.95. The molecule has 0 aliphatic heterocycles. The fraction of sp³-hybridized carbons (Fsp3) is 0.750. The number of allylic oxidation sites excluding steroid dienone is 1. The summed E-state index contributed by atoms with van der Waals surface area (Å²) in [6.45, 7) is 9.30. The maximum atomic E-state index is 11.5. The van der Waals surface area contributed by atoms with Crippen molar-refractivity contribution < 1.29 is 9.53 Å². The lowest BCUT2D eigenvalue weighted by molar-refractivity contribution is 0.0494. The molecule has 1 saturated carbocycles. The third-order valence-electron chi connectivity index (χ3n) is 2.45. The first-order chi connectivity index (χ1) is 6.87. The highest BCUT2D eigenvalue weighted by Gasteiger charge is 2.43. The third kappa shape index (κ3) is 4.36. The molecule has 1 aliphatic carbocycles. The molecule has 86 valence electrons. The molecule has 0 saturated heterocycles. The number of ether oxygens (including phenoxy) is 1. The lowest BCUT2D eigenvalue weighted by Crippen LogP contribution is -2.40. The maximum absolute atomic E-state index is 11.5. The van der Waals surface area contributed by atoms with Crippen LogP contribution in [-0.4, -0.2) is 17.2 Å². The molecule has 1 rings (SSSR count). The largest absolute Gasteiger partial charge is 0.444 e. The minimum atomic E-state index is -0.418. The monoisotopic (exact) mass is 211 g/mol. The fourth-order valence-corrected chi connectivity index (χ4v) is 1.49. The molecular weight excluding hydrogens is 190 g/mol. The van der Waals surface area contributed by atoms with Crippen LogP contribution >= 0.6 is 0 Å². The minimum Gasteiger partial charge on any atom is -0.444 e. The van der Waals surface area contributed by atoms with E-state index >= 15 is 0 Å². The maximum Gasteiger partial charge on any atom is 0.408 e. The predicted octanol–water partition coefficient (Wildman–Crippen LogP) is 3.01. The molecule has 0 atom stereocenters. The Kier molecular flexibility index (Phi) is 3.42. The molecule has 1 fully saturated rings. The van der Waals surface area contributed by atoms with Crippen LogP contribution in [0.15, 0.2) is 12.7 Å². The highest BCUT2D eigenvalue weighted by molar-refractivity contribution is 5.69. The van der Waals surface area contributed by atoms with Crippen LogP contribution in [0.25, 0.3) is 0 Å². The zero-order chi connectivity index (χ0) is 11.5. The van der Waals surface area contributed by atoms with E-state index in [1.54, 1.807) is 0 Å². The van der Waals surface area contributed by atoms with Gasteiger partial charge in [0.25, 0.3) is 0 Å². The lowest BCUT2D eigenvalue weighted by atomic mass is 10.1. The molecule has 0 aromatic heterocycles. The van der Waals surface area contributed by atoms with Crippen LogP contribution in [0.1, 0.15) is 46.5 Å². The van der Waals surface area contributed by atoms with Crippen LogP contribution < -0.4 is 5.32 Å². The molecule has 0 heterocycles. The van der Waals surface area contributed by atoms with Crippen molar-refractivity contribution in [1.29, 1.82) is 0 Å². The summed E-state index contributed by atoms with van der Waals surface area (Å²) in [6.07, 6.45) is 5.60. The quantitative estimate of drug-likeness (QED) is 0.726. The van der Waals surface area contributed by atoms with Crippen molar-refractivity contribution in [2.45, 2.75) is 57.6 Å². The van der Waals surface area contributed by atoms with Crippen molar-refractivity contribution in [3.63, 3.8) is 0 Å². The second kappa shape index (κ2) is 4.25. The van der Waals surface area contributed by atoms with Crippen molar-refractivity contribution in [2.24, 2.45) is 0 Å². The number of amides is 1. The number of carbonyl (C=O) groups is 1. The number of hydrogen-bond acceptors (Lipinski definition) is 2. The zero-order valence-corrected chi connectivity index (χ0v) is 9.93. The molecule has 1 aliphatic rings. The van der Waals surface area contributed by atoms with E-state index in [-0.39, 0.29) is 11.6 Å². The summed E-state index contributed by atoms with van der Waals surface area (Å²) >= 11 is 0. The van der Waals surface area contributed by atoms with E-state index in [1.165, 1.54) is 0 Å². The highest BCUT2D eigenvalue weighted by Crippen LogP contribution is 2.39. The van der Waals surface area contributed by atoms with E-state index in [4.69, 9.17) is 4.74 Å². The fourth-order valence-electron chi connectivity index (χ4n) is 1.49. The lowest BCUT2D eigenvalue weighted by Gasteiger charge is -2.23. The first kappa shape index (κ1) is 12.1. The van der Waals surface area contributed by atoms with Crippen LogP contribution in [0.4, 0.5) is 4.79 Å². The van der Waals surface area contributed by atoms with Gasteiger partial charge in [-0.1, -0.05) is 6.08 Å². The van der Waals surface area contributed by atoms with E-state index in [0.29, 0.717) is 0 Å². The van der Waals surface area contributed by atoms with E-state index in [0.717, 1.165) is 25.7 Å². The molecule has 0 aromatic carbocycles. The smallest absolute Gasteiger partial charge is 0.408 e. The van der Waals surface area contributed by atoms with Gasteiger partial charge in [-0.2, -0.15) is 0 Å². The molecule has 0 radical (unpaired) electrons. The molecule has 0 spiro atoms. The van der Waals surface area contributed by atoms with Gasteiger partial charge < -0.3 is 10.1 Å². The molecule has 15 heavy (non-hydrogen) atoms. The van der Waals surface area contributed by atoms with Crippen molar-refractivity contribution in [1.82, 2.24) is 5.32 Å². The van der Waals surface area contributed by atoms with Gasteiger partial charge in [0.15, 0.2) is 0 Å². The van der Waals surface area contributed by atoms with Crippen molar-refractivity contribution in [3.8, 4) is 0 Å². The third-order valence-corrected chi connectivity index (χ3v) is 2.45. The Labute approximate surface area is 91.9 Å². The SMILES string of the molecule is C=CCCC1(NC(=O)OC(C)(C)C)CC1. The van der Waals surface area contributed by atoms with Gasteiger partial charge in [0.05, 0.1) is 0 Å². The number of nitrogens with one attached hydrogen (secondary N) is 1. The first-order valence-electron chi connectivity index (χ1n) is 5.49. The van der Waals surface area contributed by atoms with E-state index in [9.17, 15) is 4.79 Å². The number of rotatable bonds is 4. The van der Waals surface area contributed by atoms with Crippen molar-refractivity contribution >= 4 is 6.09 Å². The van der Waals surface area contributed by atoms with E-state index in [2.05, 4.69) is 11.9 Å². The van der Waals surface area contributed by atoms with Crippen molar-refractivity contribution in [2.75, 3.05) is 0 Å². The molecule has 0 aromatic rings. The van der Waals surface area contributed by atoms with E-state index < -0.39 is 5.60 Å². The van der Waals surface area contributed by atoms with Crippen LogP contribution in [0.2, 0.25) is 0 Å². The summed E-state index contributed by atoms with van der Waals surface area (Å²) in [5.41, 5.74) is -0.422. The van der Waals surface area contributed by atoms with Gasteiger partial charge in [-0.3, -0.25) is 0 Å². The Hall–Kier alpha value is -0.990. The Morgan fingerprint density at radius 3 is 2.53 bits per heavy atom. The normalized spacial score (nSPS) is 18.1. The molecule has 1 amide bonds. The van der Waals surface area contributed by atoms with Gasteiger partial charge in [-0.15, -0.1) is 6.58 Å². The van der Waals surface area contributed by atoms with Crippen LogP contribution in [0.3, 0.4) is 0 Å². The molecular formula is C12H21NO2. The van der Waals surface area contributed by atoms with Gasteiger partial charge in [0, 0.05) is 5.54 Å². The second-order valence-electron chi connectivity index (χ2n) is 5.23. The van der Waals surface area contributed by atoms with Crippen molar-refractivity contribution in [3.05, 3.63) is 12.7 Å². The zero-order valence-electron chi connectivity index (χ0n) is 9.93. The predicted molar refractivity (Wildman–Crippen MR) is 60.8 cm³/mol. The highest BCUT2D eigenvalue weighted by atomic mass is 16.6. The molecule has 3 heteroatoms. The Morgan fingerprint density at radius 1 is 1.53 bits per heavy atom. The average molecular weight is 211 g/mol. The summed E-state index contributed by atoms with van der Waals surface area (Å²) in [6, 6.07) is 0.